The summed E-state index contributed by atoms with van der Waals surface area (Å²) in [6.07, 6.45) is 3.86. The Morgan fingerprint density at radius 1 is 1.19 bits per heavy atom. The summed E-state index contributed by atoms with van der Waals surface area (Å²) in [5.41, 5.74) is 1.12. The normalized spacial score (nSPS) is 27.5. The zero-order valence-corrected chi connectivity index (χ0v) is 16.6. The number of piperidine rings is 1. The molecule has 3 atom stereocenters. The number of methoxy groups -OCH3 is 1. The van der Waals surface area contributed by atoms with Crippen LogP contribution in [-0.4, -0.2) is 62.7 Å². The Balaban J connectivity index is 1.47. The maximum Gasteiger partial charge on any atom is 0.222 e. The minimum absolute atomic E-state index is 0.295. The largest absolute Gasteiger partial charge is 0.496 e. The molecular weight excluding hydrogens is 344 g/mol. The number of carbonyl (C=O) groups excluding carboxylic acids is 1. The molecule has 1 saturated heterocycles. The molecule has 2 fully saturated rings. The van der Waals surface area contributed by atoms with Gasteiger partial charge >= 0.3 is 0 Å². The lowest BCUT2D eigenvalue weighted by Gasteiger charge is -2.31. The highest BCUT2D eigenvalue weighted by molar-refractivity contribution is 5.77. The molecule has 2 aliphatic heterocycles. The van der Waals surface area contributed by atoms with Crippen LogP contribution in [0.25, 0.3) is 0 Å². The number of nitrogens with zero attached hydrogens (tertiary/aromatic N) is 2. The van der Waals surface area contributed by atoms with Gasteiger partial charge in [-0.15, -0.1) is 0 Å². The van der Waals surface area contributed by atoms with Crippen molar-refractivity contribution in [3.05, 3.63) is 17.7 Å². The molecule has 0 radical (unpaired) electrons. The molecule has 0 aromatic heterocycles. The van der Waals surface area contributed by atoms with E-state index in [2.05, 4.69) is 18.0 Å². The fraction of sp³-hybridized carbons (Fsp3) is 0.667. The van der Waals surface area contributed by atoms with Crippen molar-refractivity contribution in [1.29, 1.82) is 0 Å². The number of likely N-dealkylation sites (tertiary alicyclic amines) is 1. The van der Waals surface area contributed by atoms with Gasteiger partial charge in [-0.3, -0.25) is 9.69 Å². The summed E-state index contributed by atoms with van der Waals surface area (Å²) in [6, 6.07) is 4.52. The Kier molecular flexibility index (Phi) is 5.17. The predicted molar refractivity (Wildman–Crippen MR) is 102 cm³/mol. The number of amides is 1. The van der Waals surface area contributed by atoms with E-state index in [1.54, 1.807) is 7.11 Å². The van der Waals surface area contributed by atoms with Gasteiger partial charge in [0.1, 0.15) is 5.75 Å². The van der Waals surface area contributed by atoms with Crippen LogP contribution >= 0.6 is 0 Å². The summed E-state index contributed by atoms with van der Waals surface area (Å²) in [6.45, 7) is 3.06. The van der Waals surface area contributed by atoms with Crippen molar-refractivity contribution < 1.29 is 19.0 Å². The number of benzene rings is 1. The highest BCUT2D eigenvalue weighted by Crippen LogP contribution is 2.41. The van der Waals surface area contributed by atoms with Gasteiger partial charge < -0.3 is 19.1 Å². The summed E-state index contributed by atoms with van der Waals surface area (Å²) in [7, 11) is 5.81. The van der Waals surface area contributed by atoms with Crippen LogP contribution in [0.5, 0.6) is 17.2 Å². The topological polar surface area (TPSA) is 51.2 Å². The van der Waals surface area contributed by atoms with Crippen LogP contribution in [0.3, 0.4) is 0 Å². The zero-order chi connectivity index (χ0) is 19.0. The van der Waals surface area contributed by atoms with Crippen LogP contribution in [-0.2, 0) is 11.3 Å². The van der Waals surface area contributed by atoms with Crippen LogP contribution in [0.15, 0.2) is 12.1 Å². The zero-order valence-electron chi connectivity index (χ0n) is 16.6. The quantitative estimate of drug-likeness (QED) is 0.811. The molecule has 6 nitrogen and oxygen atoms in total. The summed E-state index contributed by atoms with van der Waals surface area (Å²) in [4.78, 5) is 16.3. The molecule has 1 saturated carbocycles. The Morgan fingerprint density at radius 3 is 2.63 bits per heavy atom. The summed E-state index contributed by atoms with van der Waals surface area (Å²) in [5.74, 6) is 3.88. The van der Waals surface area contributed by atoms with E-state index in [1.165, 1.54) is 0 Å². The number of hydrogen-bond donors (Lipinski definition) is 0. The van der Waals surface area contributed by atoms with Crippen molar-refractivity contribution in [2.24, 2.45) is 11.8 Å². The molecule has 2 heterocycles. The van der Waals surface area contributed by atoms with E-state index in [1.807, 2.05) is 18.0 Å². The molecule has 0 spiro atoms. The van der Waals surface area contributed by atoms with Gasteiger partial charge in [0.2, 0.25) is 5.91 Å². The van der Waals surface area contributed by atoms with Crippen molar-refractivity contribution in [3.8, 4) is 17.2 Å². The third-order valence-electron chi connectivity index (χ3n) is 6.38. The van der Waals surface area contributed by atoms with E-state index in [0.717, 1.165) is 55.2 Å². The van der Waals surface area contributed by atoms with Crippen molar-refractivity contribution >= 4 is 5.91 Å². The maximum absolute atomic E-state index is 12.0. The average Bonchev–Trinajstić information content (AvgIpc) is 2.91. The lowest BCUT2D eigenvalue weighted by Crippen LogP contribution is -2.39. The third-order valence-corrected chi connectivity index (χ3v) is 6.38. The summed E-state index contributed by atoms with van der Waals surface area (Å²) >= 11 is 0. The van der Waals surface area contributed by atoms with Crippen LogP contribution < -0.4 is 14.2 Å². The fourth-order valence-electron chi connectivity index (χ4n) is 4.79. The van der Waals surface area contributed by atoms with Crippen LogP contribution in [0, 0.1) is 11.8 Å². The number of hydrogen-bond acceptors (Lipinski definition) is 5. The first-order valence-corrected chi connectivity index (χ1v) is 9.96. The molecule has 27 heavy (non-hydrogen) atoms. The molecule has 4 rings (SSSR count). The van der Waals surface area contributed by atoms with Gasteiger partial charge in [0.05, 0.1) is 20.3 Å². The molecule has 0 unspecified atom stereocenters. The van der Waals surface area contributed by atoms with Gasteiger partial charge in [0, 0.05) is 50.7 Å². The second-order valence-corrected chi connectivity index (χ2v) is 8.20. The van der Waals surface area contributed by atoms with Gasteiger partial charge in [-0.1, -0.05) is 0 Å². The number of fused-ring (bicyclic) bond motifs is 2. The Bertz CT molecular complexity index is 708. The second-order valence-electron chi connectivity index (χ2n) is 8.20. The molecule has 1 amide bonds. The third kappa shape index (κ3) is 3.72. The van der Waals surface area contributed by atoms with E-state index < -0.39 is 0 Å². The molecule has 6 heteroatoms. The van der Waals surface area contributed by atoms with E-state index in [4.69, 9.17) is 14.2 Å². The molecule has 148 valence electrons. The van der Waals surface area contributed by atoms with Crippen molar-refractivity contribution in [3.63, 3.8) is 0 Å². The number of ether oxygens (including phenoxy) is 3. The Labute approximate surface area is 161 Å². The first-order chi connectivity index (χ1) is 13.0. The molecule has 0 bridgehead atoms. The first-order valence-electron chi connectivity index (χ1n) is 9.96. The summed E-state index contributed by atoms with van der Waals surface area (Å²) in [5, 5.41) is 0. The second kappa shape index (κ2) is 7.58. The van der Waals surface area contributed by atoms with E-state index in [9.17, 15) is 4.79 Å². The maximum atomic E-state index is 12.0. The van der Waals surface area contributed by atoms with Gasteiger partial charge in [-0.05, 0) is 37.8 Å². The molecule has 1 aliphatic carbocycles. The van der Waals surface area contributed by atoms with E-state index >= 15 is 0 Å². The van der Waals surface area contributed by atoms with Crippen molar-refractivity contribution in [1.82, 2.24) is 9.80 Å². The first kappa shape index (κ1) is 18.4. The highest BCUT2D eigenvalue weighted by Gasteiger charge is 2.41. The molecule has 0 N–H and O–H groups in total. The fourth-order valence-corrected chi connectivity index (χ4v) is 4.79. The highest BCUT2D eigenvalue weighted by atomic mass is 16.5. The van der Waals surface area contributed by atoms with Gasteiger partial charge in [-0.2, -0.15) is 0 Å². The molecule has 3 aliphatic rings. The van der Waals surface area contributed by atoms with E-state index in [0.29, 0.717) is 43.4 Å². The van der Waals surface area contributed by atoms with Gasteiger partial charge in [0.15, 0.2) is 11.5 Å². The Morgan fingerprint density at radius 2 is 1.89 bits per heavy atom. The smallest absolute Gasteiger partial charge is 0.222 e. The lowest BCUT2D eigenvalue weighted by atomic mass is 9.88. The average molecular weight is 374 g/mol. The predicted octanol–water partition coefficient (Wildman–Crippen LogP) is 2.55. The van der Waals surface area contributed by atoms with Gasteiger partial charge in [0.25, 0.3) is 0 Å². The Hall–Kier alpha value is -1.95. The molecular formula is C21H30N2O4. The van der Waals surface area contributed by atoms with E-state index in [-0.39, 0.29) is 0 Å². The van der Waals surface area contributed by atoms with Crippen LogP contribution in [0.1, 0.15) is 31.2 Å². The SMILES string of the molecule is COc1cc2c(cc1CN(C)[C@@H]1C[C@@H]3CC(=O)N(C)C[C@@H]3C1)OCCCO2. The minimum atomic E-state index is 0.295. The van der Waals surface area contributed by atoms with Crippen LogP contribution in [0.2, 0.25) is 0 Å². The van der Waals surface area contributed by atoms with Gasteiger partial charge in [-0.25, -0.2) is 0 Å². The van der Waals surface area contributed by atoms with Crippen molar-refractivity contribution in [2.45, 2.75) is 38.3 Å². The molecule has 1 aromatic carbocycles. The van der Waals surface area contributed by atoms with Crippen molar-refractivity contribution in [2.75, 3.05) is 41.0 Å². The lowest BCUT2D eigenvalue weighted by molar-refractivity contribution is -0.134. The standard InChI is InChI=1S/C21H30N2O4/c1-22(17-7-14-10-21(24)23(2)12-15(14)8-17)13-16-9-19-20(11-18(16)25-3)27-6-4-5-26-19/h9,11,14-15,17H,4-8,10,12-13H2,1-3H3/t14-,15+,17-/m1/s1. The monoisotopic (exact) mass is 374 g/mol. The number of carbonyl (C=O) groups is 1. The summed E-state index contributed by atoms with van der Waals surface area (Å²) < 4.78 is 17.3. The minimum Gasteiger partial charge on any atom is -0.496 e. The molecule has 1 aromatic rings. The number of rotatable bonds is 4. The van der Waals surface area contributed by atoms with Crippen LogP contribution in [0.4, 0.5) is 0 Å².